The second-order valence-corrected chi connectivity index (χ2v) is 9.61. The average molecular weight is 590 g/mol. The van der Waals surface area contributed by atoms with Crippen molar-refractivity contribution in [2.45, 2.75) is 18.6 Å². The van der Waals surface area contributed by atoms with Gasteiger partial charge in [-0.25, -0.2) is 0 Å². The van der Waals surface area contributed by atoms with E-state index < -0.39 is 28.6 Å². The third kappa shape index (κ3) is 4.36. The summed E-state index contributed by atoms with van der Waals surface area (Å²) < 4.78 is 6.51. The SMILES string of the molecule is COc1ccc(C(=O)CC2(O)C(=O)N(Cc3ccc(Br)cc3)c3ccc(Br)cc32)cc1[N+](=O)[O-]. The zero-order valence-corrected chi connectivity index (χ0v) is 21.0. The Balaban J connectivity index is 1.70. The molecule has 1 aliphatic rings. The van der Waals surface area contributed by atoms with Crippen LogP contribution in [0.4, 0.5) is 11.4 Å². The van der Waals surface area contributed by atoms with Gasteiger partial charge in [-0.1, -0.05) is 44.0 Å². The van der Waals surface area contributed by atoms with Crippen LogP contribution in [0.3, 0.4) is 0 Å². The van der Waals surface area contributed by atoms with Gasteiger partial charge in [0, 0.05) is 26.1 Å². The average Bonchev–Trinajstić information content (AvgIpc) is 3.01. The maximum Gasteiger partial charge on any atom is 0.311 e. The normalized spacial score (nSPS) is 16.9. The summed E-state index contributed by atoms with van der Waals surface area (Å²) in [5.41, 5.74) is -0.880. The summed E-state index contributed by atoms with van der Waals surface area (Å²) in [5, 5.41) is 22.9. The van der Waals surface area contributed by atoms with Gasteiger partial charge in [0.05, 0.1) is 30.7 Å². The van der Waals surface area contributed by atoms with Crippen molar-refractivity contribution in [1.29, 1.82) is 0 Å². The van der Waals surface area contributed by atoms with Gasteiger partial charge >= 0.3 is 5.69 Å². The lowest BCUT2D eigenvalue weighted by Gasteiger charge is -2.23. The molecule has 1 heterocycles. The van der Waals surface area contributed by atoms with Crippen molar-refractivity contribution in [2.75, 3.05) is 12.0 Å². The predicted octanol–water partition coefficient (Wildman–Crippen LogP) is 5.14. The highest BCUT2D eigenvalue weighted by atomic mass is 79.9. The van der Waals surface area contributed by atoms with Gasteiger partial charge in [0.2, 0.25) is 0 Å². The summed E-state index contributed by atoms with van der Waals surface area (Å²) in [4.78, 5) is 38.7. The molecule has 3 aromatic carbocycles. The maximum absolute atomic E-state index is 13.5. The third-order valence-electron chi connectivity index (χ3n) is 5.66. The van der Waals surface area contributed by atoms with Crippen LogP contribution in [0.15, 0.2) is 69.6 Å². The second-order valence-electron chi connectivity index (χ2n) is 7.78. The van der Waals surface area contributed by atoms with Gasteiger partial charge in [0.1, 0.15) is 0 Å². The summed E-state index contributed by atoms with van der Waals surface area (Å²) in [7, 11) is 1.29. The van der Waals surface area contributed by atoms with Crippen LogP contribution >= 0.6 is 31.9 Å². The van der Waals surface area contributed by atoms with E-state index in [4.69, 9.17) is 4.74 Å². The Kier molecular flexibility index (Phi) is 6.57. The molecule has 0 saturated heterocycles. The highest BCUT2D eigenvalue weighted by molar-refractivity contribution is 9.10. The van der Waals surface area contributed by atoms with Crippen molar-refractivity contribution >= 4 is 54.9 Å². The summed E-state index contributed by atoms with van der Waals surface area (Å²) in [6.07, 6.45) is -0.574. The monoisotopic (exact) mass is 588 g/mol. The Hall–Kier alpha value is -3.08. The van der Waals surface area contributed by atoms with E-state index in [1.165, 1.54) is 24.1 Å². The maximum atomic E-state index is 13.5. The number of hydrogen-bond donors (Lipinski definition) is 1. The standard InChI is InChI=1S/C24H18Br2N2O6/c1-34-22-9-4-15(10-20(22)28(32)33)21(29)12-24(31)18-11-17(26)7-8-19(18)27(23(24)30)13-14-2-5-16(25)6-3-14/h2-11,31H,12-13H2,1H3. The largest absolute Gasteiger partial charge is 0.490 e. The third-order valence-corrected chi connectivity index (χ3v) is 6.68. The minimum Gasteiger partial charge on any atom is -0.490 e. The number of carbonyl (C=O) groups is 2. The number of methoxy groups -OCH3 is 1. The van der Waals surface area contributed by atoms with Gasteiger partial charge < -0.3 is 14.7 Å². The molecule has 3 aromatic rings. The Morgan fingerprint density at radius 2 is 1.76 bits per heavy atom. The lowest BCUT2D eigenvalue weighted by Crippen LogP contribution is -2.41. The van der Waals surface area contributed by atoms with Gasteiger partial charge in [-0.05, 0) is 48.0 Å². The number of rotatable bonds is 7. The van der Waals surface area contributed by atoms with Crippen LogP contribution < -0.4 is 9.64 Å². The lowest BCUT2D eigenvalue weighted by atomic mass is 9.88. The number of anilines is 1. The summed E-state index contributed by atoms with van der Waals surface area (Å²) in [6.45, 7) is 0.200. The Morgan fingerprint density at radius 1 is 1.09 bits per heavy atom. The number of nitro benzene ring substituents is 1. The first kappa shape index (κ1) is 24.1. The van der Waals surface area contributed by atoms with Crippen molar-refractivity contribution in [1.82, 2.24) is 0 Å². The topological polar surface area (TPSA) is 110 Å². The first-order valence-corrected chi connectivity index (χ1v) is 11.7. The molecule has 0 aromatic heterocycles. The van der Waals surface area contributed by atoms with Crippen molar-refractivity contribution in [3.05, 3.63) is 96.4 Å². The number of amides is 1. The fraction of sp³-hybridized carbons (Fsp3) is 0.167. The molecule has 10 heteroatoms. The first-order chi connectivity index (χ1) is 16.1. The van der Waals surface area contributed by atoms with Crippen molar-refractivity contribution < 1.29 is 24.4 Å². The van der Waals surface area contributed by atoms with Crippen LogP contribution in [0, 0.1) is 10.1 Å². The number of ether oxygens (including phenoxy) is 1. The quantitative estimate of drug-likeness (QED) is 0.232. The molecule has 1 amide bonds. The number of halogens is 2. The van der Waals surface area contributed by atoms with Crippen LogP contribution in [0.1, 0.15) is 27.9 Å². The first-order valence-electron chi connectivity index (χ1n) is 10.1. The summed E-state index contributed by atoms with van der Waals surface area (Å²) >= 11 is 6.74. The molecular weight excluding hydrogens is 572 g/mol. The van der Waals surface area contributed by atoms with Crippen LogP contribution in [0.5, 0.6) is 5.75 Å². The molecule has 0 aliphatic carbocycles. The molecule has 0 spiro atoms. The van der Waals surface area contributed by atoms with Crippen LogP contribution in [0.2, 0.25) is 0 Å². The molecule has 0 saturated carbocycles. The Morgan fingerprint density at radius 3 is 2.41 bits per heavy atom. The van der Waals surface area contributed by atoms with Gasteiger partial charge in [0.25, 0.3) is 5.91 Å². The molecular formula is C24H18Br2N2O6. The molecule has 1 unspecified atom stereocenters. The Bertz CT molecular complexity index is 1310. The van der Waals surface area contributed by atoms with E-state index in [0.29, 0.717) is 15.7 Å². The molecule has 1 N–H and O–H groups in total. The van der Waals surface area contributed by atoms with Crippen molar-refractivity contribution in [3.8, 4) is 5.75 Å². The molecule has 174 valence electrons. The number of benzene rings is 3. The smallest absolute Gasteiger partial charge is 0.311 e. The summed E-state index contributed by atoms with van der Waals surface area (Å²) in [5.74, 6) is -1.25. The highest BCUT2D eigenvalue weighted by Gasteiger charge is 2.51. The number of fused-ring (bicyclic) bond motifs is 1. The second kappa shape index (κ2) is 9.28. The minimum absolute atomic E-state index is 0.00312. The van der Waals surface area contributed by atoms with Crippen molar-refractivity contribution in [2.24, 2.45) is 0 Å². The van der Waals surface area contributed by atoms with Crippen LogP contribution in [-0.4, -0.2) is 28.8 Å². The number of nitro groups is 1. The minimum atomic E-state index is -2.12. The number of carbonyl (C=O) groups excluding carboxylic acids is 2. The van der Waals surface area contributed by atoms with Gasteiger partial charge in [-0.2, -0.15) is 0 Å². The number of ketones is 1. The Labute approximate surface area is 211 Å². The molecule has 0 fully saturated rings. The summed E-state index contributed by atoms with van der Waals surface area (Å²) in [6, 6.07) is 16.3. The lowest BCUT2D eigenvalue weighted by molar-refractivity contribution is -0.385. The van der Waals surface area contributed by atoms with E-state index in [0.717, 1.165) is 16.1 Å². The zero-order chi connectivity index (χ0) is 24.6. The van der Waals surface area contributed by atoms with E-state index in [9.17, 15) is 24.8 Å². The molecule has 8 nitrogen and oxygen atoms in total. The number of hydrogen-bond acceptors (Lipinski definition) is 6. The molecule has 4 rings (SSSR count). The fourth-order valence-corrected chi connectivity index (χ4v) is 4.59. The van der Waals surface area contributed by atoms with E-state index in [1.807, 2.05) is 24.3 Å². The molecule has 0 bridgehead atoms. The molecule has 0 radical (unpaired) electrons. The van der Waals surface area contributed by atoms with E-state index in [2.05, 4.69) is 31.9 Å². The van der Waals surface area contributed by atoms with E-state index >= 15 is 0 Å². The van der Waals surface area contributed by atoms with E-state index in [-0.39, 0.29) is 23.5 Å². The zero-order valence-electron chi connectivity index (χ0n) is 17.8. The molecule has 1 atom stereocenters. The van der Waals surface area contributed by atoms with Crippen molar-refractivity contribution in [3.63, 3.8) is 0 Å². The number of Topliss-reactive ketones (excluding diaryl/α,β-unsaturated/α-hetero) is 1. The van der Waals surface area contributed by atoms with E-state index in [1.54, 1.807) is 18.2 Å². The number of aliphatic hydroxyl groups is 1. The van der Waals surface area contributed by atoms with Gasteiger partial charge in [-0.15, -0.1) is 0 Å². The van der Waals surface area contributed by atoms with Crippen LogP contribution in [-0.2, 0) is 16.9 Å². The molecule has 1 aliphatic heterocycles. The van der Waals surface area contributed by atoms with Gasteiger partial charge in [-0.3, -0.25) is 19.7 Å². The van der Waals surface area contributed by atoms with Crippen LogP contribution in [0.25, 0.3) is 0 Å². The predicted molar refractivity (Wildman–Crippen MR) is 132 cm³/mol. The fourth-order valence-electron chi connectivity index (χ4n) is 3.96. The van der Waals surface area contributed by atoms with Gasteiger partial charge in [0.15, 0.2) is 17.1 Å². The number of nitrogens with zero attached hydrogens (tertiary/aromatic N) is 2. The highest BCUT2D eigenvalue weighted by Crippen LogP contribution is 2.45. The molecule has 34 heavy (non-hydrogen) atoms.